The van der Waals surface area contributed by atoms with Crippen molar-refractivity contribution < 1.29 is 32.7 Å². The molecule has 1 aliphatic heterocycles. The lowest BCUT2D eigenvalue weighted by Gasteiger charge is -2.35. The molecule has 0 spiro atoms. The van der Waals surface area contributed by atoms with Gasteiger partial charge in [0, 0.05) is 32.7 Å². The van der Waals surface area contributed by atoms with Crippen LogP contribution in [0.2, 0.25) is 5.15 Å². The number of carboxylic acid groups (broad SMARTS) is 1. The quantitative estimate of drug-likeness (QED) is 0.341. The van der Waals surface area contributed by atoms with Gasteiger partial charge in [0.1, 0.15) is 0 Å². The number of hydrogen-bond donors (Lipinski definition) is 2. The van der Waals surface area contributed by atoms with Crippen LogP contribution in [0.3, 0.4) is 0 Å². The molecule has 44 heavy (non-hydrogen) atoms. The molecular weight excluding hydrogens is 603 g/mol. The largest absolute Gasteiger partial charge is 0.476 e. The minimum absolute atomic E-state index is 0.107. The van der Waals surface area contributed by atoms with E-state index in [1.807, 2.05) is 4.90 Å². The summed E-state index contributed by atoms with van der Waals surface area (Å²) >= 11 is 5.35. The van der Waals surface area contributed by atoms with Gasteiger partial charge < -0.3 is 20.2 Å². The topological polar surface area (TPSA) is 142 Å². The second kappa shape index (κ2) is 14.9. The molecule has 1 saturated carbocycles. The third kappa shape index (κ3) is 8.85. The number of aromatic carboxylic acids is 1. The van der Waals surface area contributed by atoms with Gasteiger partial charge in [-0.2, -0.15) is 13.2 Å². The van der Waals surface area contributed by atoms with E-state index in [9.17, 15) is 27.6 Å². The fourth-order valence-corrected chi connectivity index (χ4v) is 4.84. The molecule has 1 saturated heterocycles. The van der Waals surface area contributed by atoms with Crippen LogP contribution in [0.1, 0.15) is 69.0 Å². The molecule has 0 atom stereocenters. The maximum atomic E-state index is 13.3. The van der Waals surface area contributed by atoms with Crippen LogP contribution in [-0.4, -0.2) is 80.9 Å². The Kier molecular flexibility index (Phi) is 11.0. The first kappa shape index (κ1) is 32.6. The summed E-state index contributed by atoms with van der Waals surface area (Å²) in [6, 6.07) is 10.8. The van der Waals surface area contributed by atoms with Crippen LogP contribution in [0.4, 0.5) is 19.0 Å². The Labute approximate surface area is 256 Å². The predicted octanol–water partition coefficient (Wildman–Crippen LogP) is 4.60. The number of rotatable bonds is 8. The van der Waals surface area contributed by atoms with Gasteiger partial charge in [0.15, 0.2) is 22.4 Å². The van der Waals surface area contributed by atoms with E-state index in [1.165, 1.54) is 54.5 Å². The van der Waals surface area contributed by atoms with Gasteiger partial charge in [0.25, 0.3) is 11.8 Å². The van der Waals surface area contributed by atoms with E-state index in [-0.39, 0.29) is 41.1 Å². The molecule has 3 aromatic rings. The first-order valence-corrected chi connectivity index (χ1v) is 14.5. The van der Waals surface area contributed by atoms with Crippen molar-refractivity contribution in [3.05, 3.63) is 76.2 Å². The number of carbonyl (C=O) groups is 3. The van der Waals surface area contributed by atoms with Gasteiger partial charge in [-0.25, -0.2) is 4.79 Å². The van der Waals surface area contributed by atoms with Gasteiger partial charge in [-0.15, -0.1) is 20.4 Å². The lowest BCUT2D eigenvalue weighted by Crippen LogP contribution is -2.49. The number of benzene rings is 1. The highest BCUT2D eigenvalue weighted by Gasteiger charge is 2.36. The average molecular weight is 634 g/mol. The molecule has 2 aromatic heterocycles. The molecule has 2 amide bonds. The van der Waals surface area contributed by atoms with Crippen LogP contribution in [0.25, 0.3) is 0 Å². The van der Waals surface area contributed by atoms with Crippen LogP contribution in [0, 0.1) is 5.92 Å². The summed E-state index contributed by atoms with van der Waals surface area (Å²) in [7, 11) is 0. The summed E-state index contributed by atoms with van der Waals surface area (Å²) in [5.41, 5.74) is -1.13. The first-order valence-electron chi connectivity index (χ1n) is 14.1. The molecule has 3 heterocycles. The van der Waals surface area contributed by atoms with Crippen LogP contribution in [-0.2, 0) is 6.18 Å². The van der Waals surface area contributed by atoms with Crippen molar-refractivity contribution >= 4 is 35.2 Å². The fraction of sp³-hybridized carbons (Fsp3) is 0.414. The summed E-state index contributed by atoms with van der Waals surface area (Å²) in [6.45, 7) is 1.95. The number of nitrogens with zero attached hydrogens (tertiary/aromatic N) is 6. The zero-order chi connectivity index (χ0) is 31.7. The third-order valence-corrected chi connectivity index (χ3v) is 7.59. The summed E-state index contributed by atoms with van der Waals surface area (Å²) < 4.78 is 39.8. The number of halogens is 4. The lowest BCUT2D eigenvalue weighted by atomic mass is 9.82. The van der Waals surface area contributed by atoms with E-state index >= 15 is 0 Å². The molecule has 2 aliphatic rings. The fourth-order valence-electron chi connectivity index (χ4n) is 4.74. The van der Waals surface area contributed by atoms with Crippen LogP contribution >= 0.6 is 11.6 Å². The van der Waals surface area contributed by atoms with E-state index in [0.717, 1.165) is 24.8 Å². The molecular formula is C29H31ClF3N7O4. The van der Waals surface area contributed by atoms with Crippen LogP contribution in [0.5, 0.6) is 0 Å². The summed E-state index contributed by atoms with van der Waals surface area (Å²) in [5.74, 6) is -0.631. The molecule has 234 valence electrons. The second-order valence-electron chi connectivity index (χ2n) is 10.3. The van der Waals surface area contributed by atoms with Crippen LogP contribution in [0.15, 0.2) is 48.5 Å². The molecule has 0 unspecified atom stereocenters. The smallest absolute Gasteiger partial charge is 0.417 e. The zero-order valence-electron chi connectivity index (χ0n) is 23.6. The number of carboxylic acids is 1. The van der Waals surface area contributed by atoms with E-state index in [1.54, 1.807) is 12.1 Å². The van der Waals surface area contributed by atoms with Gasteiger partial charge in [-0.3, -0.25) is 9.59 Å². The van der Waals surface area contributed by atoms with E-state index < -0.39 is 23.6 Å². The predicted molar refractivity (Wildman–Crippen MR) is 155 cm³/mol. The normalized spacial score (nSPS) is 15.1. The number of amides is 2. The highest BCUT2D eigenvalue weighted by atomic mass is 35.5. The van der Waals surface area contributed by atoms with Crippen molar-refractivity contribution in [2.45, 2.75) is 38.3 Å². The van der Waals surface area contributed by atoms with Crippen molar-refractivity contribution in [1.29, 1.82) is 0 Å². The van der Waals surface area contributed by atoms with E-state index in [4.69, 9.17) is 16.7 Å². The molecule has 5 rings (SSSR count). The molecule has 2 N–H and O–H groups in total. The maximum absolute atomic E-state index is 13.3. The maximum Gasteiger partial charge on any atom is 0.417 e. The molecule has 1 aromatic carbocycles. The second-order valence-corrected chi connectivity index (χ2v) is 10.7. The molecule has 2 fully saturated rings. The van der Waals surface area contributed by atoms with Gasteiger partial charge in [0.2, 0.25) is 0 Å². The van der Waals surface area contributed by atoms with Gasteiger partial charge in [-0.05, 0) is 55.2 Å². The monoisotopic (exact) mass is 633 g/mol. The van der Waals surface area contributed by atoms with E-state index in [2.05, 4.69) is 25.7 Å². The highest BCUT2D eigenvalue weighted by molar-refractivity contribution is 6.29. The van der Waals surface area contributed by atoms with E-state index in [0.29, 0.717) is 25.5 Å². The average Bonchev–Trinajstić information content (AvgIpc) is 3.00. The Morgan fingerprint density at radius 1 is 0.909 bits per heavy atom. The Morgan fingerprint density at radius 2 is 1.59 bits per heavy atom. The Morgan fingerprint density at radius 3 is 2.16 bits per heavy atom. The third-order valence-electron chi connectivity index (χ3n) is 7.39. The molecule has 1 aliphatic carbocycles. The van der Waals surface area contributed by atoms with Crippen molar-refractivity contribution in [2.75, 3.05) is 37.6 Å². The van der Waals surface area contributed by atoms with Gasteiger partial charge in [0.05, 0.1) is 11.1 Å². The molecule has 0 radical (unpaired) electrons. The molecule has 0 bridgehead atoms. The summed E-state index contributed by atoms with van der Waals surface area (Å²) in [6.07, 6.45) is 1.42. The number of anilines is 1. The number of alkyl halides is 3. The SMILES string of the molecule is O=C(NCCCC1CCC1)c1ccc(N2CCN(C(=O)c3ccccc3C(F)(F)F)CC2)nn1.O=C(O)c1ccc(Cl)nn1. The zero-order valence-corrected chi connectivity index (χ0v) is 24.4. The Hall–Kier alpha value is -4.33. The van der Waals surface area contributed by atoms with Crippen molar-refractivity contribution in [1.82, 2.24) is 30.6 Å². The molecule has 15 heteroatoms. The number of nitrogens with one attached hydrogen (secondary N) is 1. The Bertz CT molecular complexity index is 1430. The summed E-state index contributed by atoms with van der Waals surface area (Å²) in [5, 5.41) is 26.2. The number of piperazine rings is 1. The van der Waals surface area contributed by atoms with Gasteiger partial charge >= 0.3 is 12.1 Å². The minimum atomic E-state index is -4.59. The summed E-state index contributed by atoms with van der Waals surface area (Å²) in [4.78, 5) is 38.5. The molecule has 11 nitrogen and oxygen atoms in total. The first-order chi connectivity index (χ1) is 21.0. The Balaban J connectivity index is 0.000000375. The van der Waals surface area contributed by atoms with Crippen molar-refractivity contribution in [2.24, 2.45) is 5.92 Å². The number of aromatic nitrogens is 4. The lowest BCUT2D eigenvalue weighted by molar-refractivity contribution is -0.138. The van der Waals surface area contributed by atoms with Gasteiger partial charge in [-0.1, -0.05) is 43.0 Å². The minimum Gasteiger partial charge on any atom is -0.476 e. The standard InChI is InChI=1S/C24H28F3N5O2.C5H3ClN2O2/c25-24(26,27)19-9-2-1-8-18(19)23(34)32-15-13-31(14-16-32)21-11-10-20(29-30-21)22(33)28-12-4-7-17-5-3-6-17;6-4-2-1-3(5(9)10)7-8-4/h1-2,8-11,17H,3-7,12-16H2,(H,28,33);1-2H,(H,9,10). The van der Waals surface area contributed by atoms with Crippen molar-refractivity contribution in [3.8, 4) is 0 Å². The highest BCUT2D eigenvalue weighted by Crippen LogP contribution is 2.33. The van der Waals surface area contributed by atoms with Crippen LogP contribution < -0.4 is 10.2 Å². The number of carbonyl (C=O) groups excluding carboxylic acids is 2. The number of hydrogen-bond acceptors (Lipinski definition) is 8. The van der Waals surface area contributed by atoms with Crippen molar-refractivity contribution in [3.63, 3.8) is 0 Å².